The summed E-state index contributed by atoms with van der Waals surface area (Å²) in [5.74, 6) is -0.834. The summed E-state index contributed by atoms with van der Waals surface area (Å²) in [6.07, 6.45) is 3.22. The molecular weight excluding hydrogens is 277 g/mol. The fraction of sp³-hybridized carbons (Fsp3) is 0.182. The Hall–Kier alpha value is -1.36. The number of hydrogen-bond acceptors (Lipinski definition) is 2. The molecule has 0 unspecified atom stereocenters. The zero-order valence-electron chi connectivity index (χ0n) is 8.54. The normalized spacial score (nSPS) is 10.7. The Kier molecular flexibility index (Phi) is 2.96. The molecule has 2 rings (SSSR count). The number of nitrogens with zero attached hydrogens (tertiary/aromatic N) is 1. The molecule has 0 radical (unpaired) electrons. The molecule has 0 aromatic carbocycles. The highest BCUT2D eigenvalue weighted by molar-refractivity contribution is 9.10. The molecule has 0 amide bonds. The SMILES string of the molecule is CCOC(=O)c1cc2c(F)c(Br)ccn2c1. The second-order valence-electron chi connectivity index (χ2n) is 3.22. The van der Waals surface area contributed by atoms with Crippen molar-refractivity contribution in [2.75, 3.05) is 6.61 Å². The first kappa shape index (κ1) is 11.1. The van der Waals surface area contributed by atoms with E-state index < -0.39 is 11.8 Å². The van der Waals surface area contributed by atoms with Crippen LogP contribution in [-0.4, -0.2) is 17.0 Å². The van der Waals surface area contributed by atoms with Crippen LogP contribution >= 0.6 is 15.9 Å². The largest absolute Gasteiger partial charge is 0.462 e. The summed E-state index contributed by atoms with van der Waals surface area (Å²) in [4.78, 5) is 11.4. The number of esters is 1. The zero-order chi connectivity index (χ0) is 11.7. The molecule has 0 saturated carbocycles. The topological polar surface area (TPSA) is 30.7 Å². The third-order valence-electron chi connectivity index (χ3n) is 2.18. The summed E-state index contributed by atoms with van der Waals surface area (Å²) >= 11 is 3.09. The predicted molar refractivity (Wildman–Crippen MR) is 61.0 cm³/mol. The smallest absolute Gasteiger partial charge is 0.339 e. The standard InChI is InChI=1S/C11H9BrFNO2/c1-2-16-11(15)7-5-9-10(13)8(12)3-4-14(9)6-7/h3-6H,2H2,1H3. The summed E-state index contributed by atoms with van der Waals surface area (Å²) in [5, 5.41) is 0. The first-order valence-corrected chi connectivity index (χ1v) is 5.55. The molecule has 5 heteroatoms. The van der Waals surface area contributed by atoms with Crippen LogP contribution < -0.4 is 0 Å². The van der Waals surface area contributed by atoms with Crippen LogP contribution in [0.5, 0.6) is 0 Å². The third kappa shape index (κ3) is 1.82. The Bertz CT molecular complexity index is 550. The number of pyridine rings is 1. The molecule has 0 aliphatic rings. The Balaban J connectivity index is 2.52. The van der Waals surface area contributed by atoms with Crippen LogP contribution in [0, 0.1) is 5.82 Å². The van der Waals surface area contributed by atoms with Crippen molar-refractivity contribution in [3.05, 3.63) is 40.4 Å². The number of aromatic nitrogens is 1. The van der Waals surface area contributed by atoms with Gasteiger partial charge in [-0.15, -0.1) is 0 Å². The van der Waals surface area contributed by atoms with Crippen LogP contribution in [0.15, 0.2) is 29.0 Å². The van der Waals surface area contributed by atoms with Crippen LogP contribution in [0.25, 0.3) is 5.52 Å². The number of hydrogen-bond donors (Lipinski definition) is 0. The lowest BCUT2D eigenvalue weighted by atomic mass is 10.3. The summed E-state index contributed by atoms with van der Waals surface area (Å²) in [7, 11) is 0. The van der Waals surface area contributed by atoms with Crippen LogP contribution in [-0.2, 0) is 4.74 Å². The fourth-order valence-electron chi connectivity index (χ4n) is 1.45. The molecule has 2 aromatic rings. The van der Waals surface area contributed by atoms with Crippen molar-refractivity contribution < 1.29 is 13.9 Å². The van der Waals surface area contributed by atoms with Gasteiger partial charge >= 0.3 is 5.97 Å². The predicted octanol–water partition coefficient (Wildman–Crippen LogP) is 3.02. The van der Waals surface area contributed by atoms with Crippen molar-refractivity contribution >= 4 is 27.4 Å². The number of fused-ring (bicyclic) bond motifs is 1. The molecule has 0 aliphatic carbocycles. The second kappa shape index (κ2) is 4.25. The molecule has 0 atom stereocenters. The van der Waals surface area contributed by atoms with E-state index in [4.69, 9.17) is 4.74 Å². The third-order valence-corrected chi connectivity index (χ3v) is 2.79. The summed E-state index contributed by atoms with van der Waals surface area (Å²) in [5.41, 5.74) is 0.691. The zero-order valence-corrected chi connectivity index (χ0v) is 10.1. The van der Waals surface area contributed by atoms with E-state index in [0.29, 0.717) is 22.2 Å². The minimum absolute atomic E-state index is 0.303. The van der Waals surface area contributed by atoms with Gasteiger partial charge in [0, 0.05) is 12.4 Å². The fourth-order valence-corrected chi connectivity index (χ4v) is 1.77. The van der Waals surface area contributed by atoms with Gasteiger partial charge in [0.1, 0.15) is 0 Å². The number of halogens is 2. The molecule has 16 heavy (non-hydrogen) atoms. The van der Waals surface area contributed by atoms with Gasteiger partial charge in [-0.25, -0.2) is 9.18 Å². The lowest BCUT2D eigenvalue weighted by Gasteiger charge is -1.97. The van der Waals surface area contributed by atoms with Crippen molar-refractivity contribution in [1.82, 2.24) is 4.40 Å². The molecular formula is C11H9BrFNO2. The molecule has 2 aromatic heterocycles. The van der Waals surface area contributed by atoms with Crippen molar-refractivity contribution in [2.45, 2.75) is 6.92 Å². The van der Waals surface area contributed by atoms with E-state index >= 15 is 0 Å². The van der Waals surface area contributed by atoms with Gasteiger partial charge in [0.05, 0.1) is 22.2 Å². The first-order chi connectivity index (χ1) is 7.63. The van der Waals surface area contributed by atoms with Crippen LogP contribution in [0.3, 0.4) is 0 Å². The Labute approximate surface area is 100.0 Å². The van der Waals surface area contributed by atoms with Gasteiger partial charge in [-0.1, -0.05) is 0 Å². The van der Waals surface area contributed by atoms with E-state index in [1.807, 2.05) is 0 Å². The first-order valence-electron chi connectivity index (χ1n) is 4.76. The molecule has 0 bridgehead atoms. The lowest BCUT2D eigenvalue weighted by molar-refractivity contribution is 0.0526. The van der Waals surface area contributed by atoms with Crippen molar-refractivity contribution in [2.24, 2.45) is 0 Å². The molecule has 0 N–H and O–H groups in total. The minimum Gasteiger partial charge on any atom is -0.462 e. The van der Waals surface area contributed by atoms with Gasteiger partial charge in [-0.3, -0.25) is 0 Å². The van der Waals surface area contributed by atoms with Crippen molar-refractivity contribution in [3.63, 3.8) is 0 Å². The Morgan fingerprint density at radius 3 is 3.06 bits per heavy atom. The average molecular weight is 286 g/mol. The summed E-state index contributed by atoms with van der Waals surface area (Å²) < 4.78 is 20.4. The van der Waals surface area contributed by atoms with E-state index in [9.17, 15) is 9.18 Å². The van der Waals surface area contributed by atoms with Crippen molar-refractivity contribution in [3.8, 4) is 0 Å². The van der Waals surface area contributed by atoms with E-state index in [0.717, 1.165) is 0 Å². The van der Waals surface area contributed by atoms with E-state index in [1.54, 1.807) is 29.8 Å². The maximum atomic E-state index is 13.6. The maximum Gasteiger partial charge on any atom is 0.339 e. The monoisotopic (exact) mass is 285 g/mol. The van der Waals surface area contributed by atoms with Gasteiger partial charge in [0.2, 0.25) is 0 Å². The molecule has 2 heterocycles. The van der Waals surface area contributed by atoms with Crippen LogP contribution in [0.1, 0.15) is 17.3 Å². The quantitative estimate of drug-likeness (QED) is 0.794. The molecule has 0 fully saturated rings. The van der Waals surface area contributed by atoms with Gasteiger partial charge < -0.3 is 9.14 Å². The van der Waals surface area contributed by atoms with E-state index in [1.165, 1.54) is 6.07 Å². The molecule has 0 saturated heterocycles. The van der Waals surface area contributed by atoms with E-state index in [2.05, 4.69) is 15.9 Å². The highest BCUT2D eigenvalue weighted by Crippen LogP contribution is 2.21. The van der Waals surface area contributed by atoms with Crippen molar-refractivity contribution in [1.29, 1.82) is 0 Å². The average Bonchev–Trinajstić information content (AvgIpc) is 2.69. The molecule has 3 nitrogen and oxygen atoms in total. The van der Waals surface area contributed by atoms with Gasteiger partial charge in [0.25, 0.3) is 0 Å². The molecule has 0 aliphatic heterocycles. The number of carbonyl (C=O) groups excluding carboxylic acids is 1. The number of ether oxygens (including phenoxy) is 1. The van der Waals surface area contributed by atoms with Crippen LogP contribution in [0.4, 0.5) is 4.39 Å². The highest BCUT2D eigenvalue weighted by atomic mass is 79.9. The highest BCUT2D eigenvalue weighted by Gasteiger charge is 2.13. The number of rotatable bonds is 2. The van der Waals surface area contributed by atoms with Gasteiger partial charge in [0.15, 0.2) is 5.82 Å². The Morgan fingerprint density at radius 1 is 1.62 bits per heavy atom. The maximum absolute atomic E-state index is 13.6. The van der Waals surface area contributed by atoms with Gasteiger partial charge in [-0.2, -0.15) is 0 Å². The summed E-state index contributed by atoms with van der Waals surface area (Å²) in [6.45, 7) is 2.03. The lowest BCUT2D eigenvalue weighted by Crippen LogP contribution is -2.02. The minimum atomic E-state index is -0.443. The second-order valence-corrected chi connectivity index (χ2v) is 4.07. The van der Waals surface area contributed by atoms with E-state index in [-0.39, 0.29) is 0 Å². The number of carbonyl (C=O) groups is 1. The molecule has 84 valence electrons. The Morgan fingerprint density at radius 2 is 2.38 bits per heavy atom. The summed E-state index contributed by atoms with van der Waals surface area (Å²) in [6, 6.07) is 3.05. The van der Waals surface area contributed by atoms with Gasteiger partial charge in [-0.05, 0) is 35.0 Å². The van der Waals surface area contributed by atoms with Crippen LogP contribution in [0.2, 0.25) is 0 Å². The molecule has 0 spiro atoms.